The Hall–Kier alpha value is -4.00. The number of fused-ring (bicyclic) bond motifs is 1. The van der Waals surface area contributed by atoms with Gasteiger partial charge in [-0.05, 0) is 30.3 Å². The molecule has 0 aliphatic carbocycles. The summed E-state index contributed by atoms with van der Waals surface area (Å²) in [5.74, 6) is -1.29. The molecular formula is C24H24FN5O6S. The Morgan fingerprint density at radius 2 is 1.92 bits per heavy atom. The van der Waals surface area contributed by atoms with Gasteiger partial charge in [0, 0.05) is 43.5 Å². The summed E-state index contributed by atoms with van der Waals surface area (Å²) in [7, 11) is -3.12. The van der Waals surface area contributed by atoms with Crippen molar-refractivity contribution in [2.24, 2.45) is 0 Å². The second-order valence-electron chi connectivity index (χ2n) is 8.97. The summed E-state index contributed by atoms with van der Waals surface area (Å²) in [6, 6.07) is 7.74. The van der Waals surface area contributed by atoms with Crippen LogP contribution in [0.3, 0.4) is 0 Å². The number of anilines is 1. The number of hydrogen-bond acceptors (Lipinski definition) is 7. The van der Waals surface area contributed by atoms with Gasteiger partial charge in [-0.25, -0.2) is 22.6 Å². The number of nitrogens with zero attached hydrogens (tertiary/aromatic N) is 4. The van der Waals surface area contributed by atoms with Crippen molar-refractivity contribution < 1.29 is 31.9 Å². The minimum absolute atomic E-state index is 0.0728. The van der Waals surface area contributed by atoms with Crippen molar-refractivity contribution in [3.05, 3.63) is 54.2 Å². The quantitative estimate of drug-likeness (QED) is 0.530. The van der Waals surface area contributed by atoms with E-state index in [1.165, 1.54) is 29.0 Å². The van der Waals surface area contributed by atoms with E-state index in [1.807, 2.05) is 0 Å². The molecule has 2 aliphatic heterocycles. The number of sulfone groups is 1. The first-order valence-electron chi connectivity index (χ1n) is 11.6. The fraction of sp³-hybridized carbons (Fsp3) is 0.333. The van der Waals surface area contributed by atoms with Crippen LogP contribution >= 0.6 is 0 Å². The molecular weight excluding hydrogens is 505 g/mol. The minimum Gasteiger partial charge on any atom is -0.442 e. The van der Waals surface area contributed by atoms with E-state index < -0.39 is 27.9 Å². The van der Waals surface area contributed by atoms with Gasteiger partial charge in [-0.15, -0.1) is 0 Å². The molecule has 3 amide bonds. The summed E-state index contributed by atoms with van der Waals surface area (Å²) < 4.78 is 45.3. The number of carbonyl (C=O) groups is 3. The van der Waals surface area contributed by atoms with Crippen LogP contribution in [0.15, 0.2) is 42.7 Å². The molecule has 0 spiro atoms. The zero-order valence-corrected chi connectivity index (χ0v) is 20.7. The Morgan fingerprint density at radius 1 is 1.16 bits per heavy atom. The first-order valence-corrected chi connectivity index (χ1v) is 13.4. The lowest BCUT2D eigenvalue weighted by atomic mass is 10.1. The zero-order chi connectivity index (χ0) is 26.3. The Bertz CT molecular complexity index is 1510. The van der Waals surface area contributed by atoms with Crippen LogP contribution in [0, 0.1) is 5.82 Å². The van der Waals surface area contributed by atoms with E-state index in [4.69, 9.17) is 4.74 Å². The average molecular weight is 530 g/mol. The summed E-state index contributed by atoms with van der Waals surface area (Å²) in [5, 5.41) is 2.59. The number of imidazole rings is 1. The van der Waals surface area contributed by atoms with Crippen LogP contribution in [0.1, 0.15) is 17.4 Å². The van der Waals surface area contributed by atoms with Gasteiger partial charge in [0.25, 0.3) is 5.91 Å². The van der Waals surface area contributed by atoms with Gasteiger partial charge in [0.05, 0.1) is 30.3 Å². The Balaban J connectivity index is 1.33. The van der Waals surface area contributed by atoms with E-state index >= 15 is 4.39 Å². The van der Waals surface area contributed by atoms with Crippen LogP contribution in [-0.2, 0) is 19.4 Å². The highest BCUT2D eigenvalue weighted by molar-refractivity contribution is 7.91. The number of aromatic nitrogens is 2. The third-order valence-electron chi connectivity index (χ3n) is 6.33. The highest BCUT2D eigenvalue weighted by Gasteiger charge is 2.33. The van der Waals surface area contributed by atoms with E-state index in [0.717, 1.165) is 0 Å². The van der Waals surface area contributed by atoms with E-state index in [2.05, 4.69) is 10.3 Å². The van der Waals surface area contributed by atoms with E-state index in [0.29, 0.717) is 16.9 Å². The van der Waals surface area contributed by atoms with Crippen molar-refractivity contribution in [2.75, 3.05) is 42.6 Å². The number of ether oxygens (including phenoxy) is 1. The van der Waals surface area contributed by atoms with Gasteiger partial charge in [0.2, 0.25) is 5.91 Å². The number of benzene rings is 1. The molecule has 2 aliphatic rings. The molecule has 13 heteroatoms. The summed E-state index contributed by atoms with van der Waals surface area (Å²) in [6.07, 6.45) is 2.03. The predicted octanol–water partition coefficient (Wildman–Crippen LogP) is 1.47. The summed E-state index contributed by atoms with van der Waals surface area (Å²) >= 11 is 0. The van der Waals surface area contributed by atoms with E-state index in [9.17, 15) is 22.8 Å². The maximum atomic E-state index is 15.1. The van der Waals surface area contributed by atoms with Crippen LogP contribution in [0.25, 0.3) is 16.8 Å². The topological polar surface area (TPSA) is 130 Å². The number of hydrogen-bond donors (Lipinski definition) is 1. The maximum Gasteiger partial charge on any atom is 0.414 e. The SMILES string of the molecule is CC(=O)NC[C@H]1CN(c2ccc(-c3ccc4nc(C(=O)N5CCS(=O)(=O)CC5)cn4c3)c(F)c2)C(=O)O1. The van der Waals surface area contributed by atoms with Gasteiger partial charge < -0.3 is 19.4 Å². The molecule has 0 saturated carbocycles. The molecule has 0 unspecified atom stereocenters. The van der Waals surface area contributed by atoms with Gasteiger partial charge in [0.1, 0.15) is 23.3 Å². The van der Waals surface area contributed by atoms with Crippen molar-refractivity contribution in [1.82, 2.24) is 19.6 Å². The molecule has 2 aromatic heterocycles. The Morgan fingerprint density at radius 3 is 2.62 bits per heavy atom. The molecule has 0 radical (unpaired) electrons. The number of rotatable bonds is 5. The smallest absolute Gasteiger partial charge is 0.414 e. The first-order chi connectivity index (χ1) is 17.6. The summed E-state index contributed by atoms with van der Waals surface area (Å²) in [6.45, 7) is 1.96. The van der Waals surface area contributed by atoms with Gasteiger partial charge in [-0.3, -0.25) is 14.5 Å². The van der Waals surface area contributed by atoms with Crippen LogP contribution < -0.4 is 10.2 Å². The van der Waals surface area contributed by atoms with Gasteiger partial charge in [0.15, 0.2) is 9.84 Å². The molecule has 37 heavy (non-hydrogen) atoms. The third-order valence-corrected chi connectivity index (χ3v) is 7.94. The maximum absolute atomic E-state index is 15.1. The highest BCUT2D eigenvalue weighted by Crippen LogP contribution is 2.29. The second kappa shape index (κ2) is 9.47. The lowest BCUT2D eigenvalue weighted by Crippen LogP contribution is -2.43. The molecule has 0 bridgehead atoms. The molecule has 1 atom stereocenters. The van der Waals surface area contributed by atoms with Crippen LogP contribution in [0.4, 0.5) is 14.9 Å². The lowest BCUT2D eigenvalue weighted by molar-refractivity contribution is -0.119. The molecule has 5 rings (SSSR count). The van der Waals surface area contributed by atoms with Crippen LogP contribution in [0.2, 0.25) is 0 Å². The van der Waals surface area contributed by atoms with Crippen molar-refractivity contribution in [3.63, 3.8) is 0 Å². The predicted molar refractivity (Wildman–Crippen MR) is 131 cm³/mol. The molecule has 2 fully saturated rings. The van der Waals surface area contributed by atoms with Crippen molar-refractivity contribution in [3.8, 4) is 11.1 Å². The number of amides is 3. The lowest BCUT2D eigenvalue weighted by Gasteiger charge is -2.25. The monoisotopic (exact) mass is 529 g/mol. The molecule has 1 aromatic carbocycles. The molecule has 1 N–H and O–H groups in total. The van der Waals surface area contributed by atoms with Crippen LogP contribution in [-0.4, -0.2) is 84.4 Å². The molecule has 4 heterocycles. The van der Waals surface area contributed by atoms with E-state index in [-0.39, 0.29) is 60.8 Å². The molecule has 3 aromatic rings. The number of cyclic esters (lactones) is 1. The molecule has 2 saturated heterocycles. The number of carbonyl (C=O) groups excluding carboxylic acids is 3. The van der Waals surface area contributed by atoms with Crippen molar-refractivity contribution in [1.29, 1.82) is 0 Å². The minimum atomic E-state index is -3.12. The molecule has 11 nitrogen and oxygen atoms in total. The Kier molecular flexibility index (Phi) is 6.31. The third kappa shape index (κ3) is 5.12. The fourth-order valence-corrected chi connectivity index (χ4v) is 5.54. The zero-order valence-electron chi connectivity index (χ0n) is 19.9. The standard InChI is InChI=1S/C24H24FN5O6S/c1-15(31)26-11-18-13-30(24(33)36-18)17-3-4-19(20(25)10-17)16-2-5-22-27-21(14-29(22)12-16)23(32)28-6-8-37(34,35)9-7-28/h2-5,10,12,14,18H,6-9,11,13H2,1H3,(H,26,31)/t18-/m0/s1. The van der Waals surface area contributed by atoms with Gasteiger partial charge in [-0.1, -0.05) is 0 Å². The van der Waals surface area contributed by atoms with Crippen molar-refractivity contribution >= 4 is 39.1 Å². The van der Waals surface area contributed by atoms with Crippen molar-refractivity contribution in [2.45, 2.75) is 13.0 Å². The Labute approximate surface area is 211 Å². The largest absolute Gasteiger partial charge is 0.442 e. The molecule has 194 valence electrons. The highest BCUT2D eigenvalue weighted by atomic mass is 32.2. The normalized spacial score (nSPS) is 19.2. The first kappa shape index (κ1) is 24.7. The average Bonchev–Trinajstić information content (AvgIpc) is 3.45. The number of pyridine rings is 1. The number of halogens is 1. The fourth-order valence-electron chi connectivity index (χ4n) is 4.33. The summed E-state index contributed by atoms with van der Waals surface area (Å²) in [4.78, 5) is 43.3. The van der Waals surface area contributed by atoms with Gasteiger partial charge >= 0.3 is 6.09 Å². The summed E-state index contributed by atoms with van der Waals surface area (Å²) in [5.41, 5.74) is 1.81. The van der Waals surface area contributed by atoms with E-state index in [1.54, 1.807) is 34.9 Å². The number of nitrogens with one attached hydrogen (secondary N) is 1. The van der Waals surface area contributed by atoms with Gasteiger partial charge in [-0.2, -0.15) is 0 Å². The second-order valence-corrected chi connectivity index (χ2v) is 11.3. The van der Waals surface area contributed by atoms with Crippen LogP contribution in [0.5, 0.6) is 0 Å².